The predicted octanol–water partition coefficient (Wildman–Crippen LogP) is 2.85. The Morgan fingerprint density at radius 1 is 1.47 bits per heavy atom. The van der Waals surface area contributed by atoms with Gasteiger partial charge in [0.2, 0.25) is 0 Å². The normalized spacial score (nSPS) is 18.9. The molecule has 1 aliphatic rings. The van der Waals surface area contributed by atoms with Crippen LogP contribution in [0, 0.1) is 11.7 Å². The number of nitrogens with zero attached hydrogens (tertiary/aromatic N) is 1. The summed E-state index contributed by atoms with van der Waals surface area (Å²) in [5.74, 6) is 0.0904. The van der Waals surface area contributed by atoms with Gasteiger partial charge in [0.1, 0.15) is 0 Å². The Balaban J connectivity index is 1.93. The largest absolute Gasteiger partial charge is 0.481 e. The number of benzene rings is 1. The fraction of sp³-hybridized carbons (Fsp3) is 0.533. The molecular formula is C15H20FNO2. The van der Waals surface area contributed by atoms with E-state index in [1.165, 1.54) is 12.1 Å². The molecule has 0 spiro atoms. The molecule has 1 amide bonds. The van der Waals surface area contributed by atoms with Crippen molar-refractivity contribution >= 4 is 5.91 Å². The zero-order valence-electron chi connectivity index (χ0n) is 11.4. The average molecular weight is 265 g/mol. The summed E-state index contributed by atoms with van der Waals surface area (Å²) in [6, 6.07) is 6.44. The van der Waals surface area contributed by atoms with Gasteiger partial charge in [-0.2, -0.15) is 0 Å². The molecule has 1 unspecified atom stereocenters. The van der Waals surface area contributed by atoms with Crippen molar-refractivity contribution in [2.75, 3.05) is 13.2 Å². The molecule has 4 heteroatoms. The van der Waals surface area contributed by atoms with Gasteiger partial charge in [0.15, 0.2) is 18.2 Å². The summed E-state index contributed by atoms with van der Waals surface area (Å²) in [6.45, 7) is 4.93. The summed E-state index contributed by atoms with van der Waals surface area (Å²) < 4.78 is 18.6. The molecule has 19 heavy (non-hydrogen) atoms. The Bertz CT molecular complexity index is 448. The minimum absolute atomic E-state index is 0.0561. The zero-order chi connectivity index (χ0) is 13.8. The first-order valence-corrected chi connectivity index (χ1v) is 6.76. The monoisotopic (exact) mass is 265 g/mol. The van der Waals surface area contributed by atoms with Gasteiger partial charge >= 0.3 is 0 Å². The van der Waals surface area contributed by atoms with Crippen LogP contribution in [-0.4, -0.2) is 30.0 Å². The molecule has 1 aromatic rings. The van der Waals surface area contributed by atoms with Crippen molar-refractivity contribution in [1.29, 1.82) is 0 Å². The van der Waals surface area contributed by atoms with Crippen molar-refractivity contribution < 1.29 is 13.9 Å². The van der Waals surface area contributed by atoms with Crippen LogP contribution in [0.3, 0.4) is 0 Å². The lowest BCUT2D eigenvalue weighted by atomic mass is 10.0. The smallest absolute Gasteiger partial charge is 0.260 e. The fourth-order valence-corrected chi connectivity index (χ4v) is 2.58. The molecule has 1 aromatic carbocycles. The van der Waals surface area contributed by atoms with Crippen molar-refractivity contribution in [3.05, 3.63) is 30.1 Å². The highest BCUT2D eigenvalue weighted by Crippen LogP contribution is 2.24. The van der Waals surface area contributed by atoms with Gasteiger partial charge in [0, 0.05) is 12.6 Å². The number of hydrogen-bond donors (Lipinski definition) is 0. The summed E-state index contributed by atoms with van der Waals surface area (Å²) in [4.78, 5) is 14.0. The third kappa shape index (κ3) is 3.25. The lowest BCUT2D eigenvalue weighted by molar-refractivity contribution is -0.135. The maximum atomic E-state index is 13.4. The molecule has 0 N–H and O–H groups in total. The van der Waals surface area contributed by atoms with E-state index < -0.39 is 5.82 Å². The molecule has 1 aliphatic heterocycles. The van der Waals surface area contributed by atoms with E-state index in [0.717, 1.165) is 19.4 Å². The summed E-state index contributed by atoms with van der Waals surface area (Å²) in [5.41, 5.74) is 0. The van der Waals surface area contributed by atoms with E-state index in [1.54, 1.807) is 12.1 Å². The highest BCUT2D eigenvalue weighted by molar-refractivity contribution is 5.78. The number of amides is 1. The maximum Gasteiger partial charge on any atom is 0.260 e. The molecule has 3 nitrogen and oxygen atoms in total. The van der Waals surface area contributed by atoms with Crippen molar-refractivity contribution in [3.63, 3.8) is 0 Å². The quantitative estimate of drug-likeness (QED) is 0.837. The molecule has 1 saturated heterocycles. The van der Waals surface area contributed by atoms with Crippen LogP contribution in [-0.2, 0) is 4.79 Å². The number of halogens is 1. The Morgan fingerprint density at radius 3 is 2.89 bits per heavy atom. The molecule has 0 bridgehead atoms. The Kier molecular flexibility index (Phi) is 4.40. The highest BCUT2D eigenvalue weighted by atomic mass is 19.1. The van der Waals surface area contributed by atoms with E-state index in [9.17, 15) is 9.18 Å². The molecule has 1 heterocycles. The van der Waals surface area contributed by atoms with E-state index in [0.29, 0.717) is 5.92 Å². The van der Waals surface area contributed by atoms with E-state index in [2.05, 4.69) is 13.8 Å². The molecule has 1 fully saturated rings. The van der Waals surface area contributed by atoms with E-state index in [-0.39, 0.29) is 24.3 Å². The van der Waals surface area contributed by atoms with Crippen LogP contribution in [0.2, 0.25) is 0 Å². The first kappa shape index (κ1) is 13.8. The average Bonchev–Trinajstić information content (AvgIpc) is 2.87. The van der Waals surface area contributed by atoms with Crippen molar-refractivity contribution in [2.45, 2.75) is 32.7 Å². The van der Waals surface area contributed by atoms with Crippen LogP contribution in [0.4, 0.5) is 4.39 Å². The van der Waals surface area contributed by atoms with Crippen LogP contribution in [0.25, 0.3) is 0 Å². The SMILES string of the molecule is CC(C)C1CCCN1C(=O)COc1ccccc1F. The van der Waals surface area contributed by atoms with Gasteiger partial charge in [-0.3, -0.25) is 4.79 Å². The minimum atomic E-state index is -0.433. The molecule has 0 aromatic heterocycles. The standard InChI is InChI=1S/C15H20FNO2/c1-11(2)13-7-5-9-17(13)15(18)10-19-14-8-4-3-6-12(14)16/h3-4,6,8,11,13H,5,7,9-10H2,1-2H3. The number of ether oxygens (including phenoxy) is 1. The van der Waals surface area contributed by atoms with Crippen LogP contribution in [0.1, 0.15) is 26.7 Å². The van der Waals surface area contributed by atoms with Crippen LogP contribution in [0.15, 0.2) is 24.3 Å². The van der Waals surface area contributed by atoms with Gasteiger partial charge in [-0.1, -0.05) is 26.0 Å². The van der Waals surface area contributed by atoms with E-state index >= 15 is 0 Å². The van der Waals surface area contributed by atoms with Gasteiger partial charge in [0.25, 0.3) is 5.91 Å². The summed E-state index contributed by atoms with van der Waals surface area (Å²) in [7, 11) is 0. The topological polar surface area (TPSA) is 29.5 Å². The molecule has 1 atom stereocenters. The second kappa shape index (κ2) is 6.04. The first-order chi connectivity index (χ1) is 9.09. The number of para-hydroxylation sites is 1. The molecule has 0 saturated carbocycles. The van der Waals surface area contributed by atoms with Crippen molar-refractivity contribution in [3.8, 4) is 5.75 Å². The number of hydrogen-bond acceptors (Lipinski definition) is 2. The van der Waals surface area contributed by atoms with Gasteiger partial charge < -0.3 is 9.64 Å². The number of rotatable bonds is 4. The zero-order valence-corrected chi connectivity index (χ0v) is 11.4. The second-order valence-electron chi connectivity index (χ2n) is 5.26. The molecule has 2 rings (SSSR count). The Labute approximate surface area is 113 Å². The van der Waals surface area contributed by atoms with Crippen molar-refractivity contribution in [1.82, 2.24) is 4.90 Å². The highest BCUT2D eigenvalue weighted by Gasteiger charge is 2.30. The first-order valence-electron chi connectivity index (χ1n) is 6.76. The lowest BCUT2D eigenvalue weighted by Gasteiger charge is -2.27. The number of carbonyl (C=O) groups excluding carboxylic acids is 1. The van der Waals surface area contributed by atoms with Gasteiger partial charge in [0.05, 0.1) is 0 Å². The third-order valence-corrected chi connectivity index (χ3v) is 3.58. The number of carbonyl (C=O) groups is 1. The van der Waals surface area contributed by atoms with Gasteiger partial charge in [-0.05, 0) is 30.9 Å². The van der Waals surface area contributed by atoms with Crippen LogP contribution >= 0.6 is 0 Å². The maximum absolute atomic E-state index is 13.4. The van der Waals surface area contributed by atoms with Crippen molar-refractivity contribution in [2.24, 2.45) is 5.92 Å². The second-order valence-corrected chi connectivity index (χ2v) is 5.26. The Hall–Kier alpha value is -1.58. The van der Waals surface area contributed by atoms with E-state index in [4.69, 9.17) is 4.74 Å². The van der Waals surface area contributed by atoms with Gasteiger partial charge in [-0.25, -0.2) is 4.39 Å². The molecule has 0 aliphatic carbocycles. The molecule has 104 valence electrons. The number of likely N-dealkylation sites (tertiary alicyclic amines) is 1. The van der Waals surface area contributed by atoms with Gasteiger partial charge in [-0.15, -0.1) is 0 Å². The van der Waals surface area contributed by atoms with Crippen LogP contribution in [0.5, 0.6) is 5.75 Å². The predicted molar refractivity (Wildman–Crippen MR) is 71.5 cm³/mol. The lowest BCUT2D eigenvalue weighted by Crippen LogP contribution is -2.41. The Morgan fingerprint density at radius 2 is 2.21 bits per heavy atom. The summed E-state index contributed by atoms with van der Waals surface area (Å²) in [6.07, 6.45) is 2.08. The van der Waals surface area contributed by atoms with Crippen LogP contribution < -0.4 is 4.74 Å². The molecule has 0 radical (unpaired) electrons. The fourth-order valence-electron chi connectivity index (χ4n) is 2.58. The summed E-state index contributed by atoms with van der Waals surface area (Å²) in [5, 5.41) is 0. The molecular weight excluding hydrogens is 245 g/mol. The summed E-state index contributed by atoms with van der Waals surface area (Å²) >= 11 is 0. The van der Waals surface area contributed by atoms with E-state index in [1.807, 2.05) is 4.90 Å². The third-order valence-electron chi connectivity index (χ3n) is 3.58. The minimum Gasteiger partial charge on any atom is -0.481 e.